The summed E-state index contributed by atoms with van der Waals surface area (Å²) in [5.74, 6) is 1.86. The molecule has 2 amide bonds. The second kappa shape index (κ2) is 30.3. The molecule has 0 aliphatic carbocycles. The van der Waals surface area contributed by atoms with Gasteiger partial charge in [0.25, 0.3) is 0 Å². The van der Waals surface area contributed by atoms with Crippen molar-refractivity contribution in [1.29, 1.82) is 0 Å². The highest BCUT2D eigenvalue weighted by Gasteiger charge is 2.51. The van der Waals surface area contributed by atoms with Gasteiger partial charge < -0.3 is 28.6 Å². The van der Waals surface area contributed by atoms with Gasteiger partial charge in [-0.25, -0.2) is 19.6 Å². The fourth-order valence-corrected chi connectivity index (χ4v) is 16.5. The molecule has 2 atom stereocenters. The van der Waals surface area contributed by atoms with Crippen molar-refractivity contribution in [3.05, 3.63) is 121 Å². The summed E-state index contributed by atoms with van der Waals surface area (Å²) in [6.45, 7) is 30.6. The van der Waals surface area contributed by atoms with E-state index in [1.165, 1.54) is 11.1 Å². The van der Waals surface area contributed by atoms with E-state index in [-0.39, 0.29) is 42.1 Å². The first-order valence-electron chi connectivity index (χ1n) is 32.5. The zero-order valence-corrected chi connectivity index (χ0v) is 60.9. The van der Waals surface area contributed by atoms with E-state index < -0.39 is 11.2 Å². The number of carbonyl (C=O) groups is 4. The molecule has 20 heteroatoms. The predicted molar refractivity (Wildman–Crippen MR) is 381 cm³/mol. The van der Waals surface area contributed by atoms with Gasteiger partial charge in [-0.3, -0.25) is 19.6 Å². The molecule has 1 fully saturated rings. The Bertz CT molecular complexity index is 3850. The average Bonchev–Trinajstić information content (AvgIpc) is 1.63. The smallest absolute Gasteiger partial charge is 0.444 e. The van der Waals surface area contributed by atoms with Crippen LogP contribution in [-0.2, 0) is 67.1 Å². The minimum absolute atomic E-state index is 0.276. The van der Waals surface area contributed by atoms with Crippen LogP contribution in [0.25, 0.3) is 52.7 Å². The van der Waals surface area contributed by atoms with Gasteiger partial charge in [-0.15, -0.1) is 45.3 Å². The van der Waals surface area contributed by atoms with Gasteiger partial charge in [-0.05, 0) is 189 Å². The summed E-state index contributed by atoms with van der Waals surface area (Å²) in [5.41, 5.74) is 8.21. The Balaban J connectivity index is 0.000000179. The van der Waals surface area contributed by atoms with E-state index in [0.717, 1.165) is 134 Å². The third-order valence-electron chi connectivity index (χ3n) is 17.4. The van der Waals surface area contributed by atoms with E-state index in [1.807, 2.05) is 106 Å². The summed E-state index contributed by atoms with van der Waals surface area (Å²) >= 11 is 10.2. The molecule has 3 aliphatic rings. The first-order chi connectivity index (χ1) is 43.6. The van der Waals surface area contributed by atoms with Crippen LogP contribution in [-0.4, -0.2) is 96.1 Å². The number of halogens is 1. The SMILES string of the molecule is CC1(C)OB(c2ccncc2)OC1(C)C.CC[C@H](C)CCCC(=O)Cc1sc2c(c1-c1nc3cc(-c4ccncc4)ccc3s1)CCN(C(=O)OC(C)(C)C)C2.CC[C@H](C)CCCC(=O)Cc1sc2c(c1-c1nc3cc(Br)ccc3s1)CCN(C(=O)OC(C)(C)C)C2. The highest BCUT2D eigenvalue weighted by Crippen LogP contribution is 2.46. The normalized spacial score (nSPS) is 15.8. The van der Waals surface area contributed by atoms with E-state index in [2.05, 4.69) is 77.9 Å². The lowest BCUT2D eigenvalue weighted by Gasteiger charge is -2.32. The molecule has 0 N–H and O–H groups in total. The molecule has 9 heterocycles. The standard InChI is InChI=1S/C33H39N3O3S2.C28H35BrN2O3S2.C11H16BNO2/c1-6-21(2)8-7-9-24(37)19-28-30(25-14-17-36(20-29(25)40-28)32(38)39-33(3,4)5)31-35-26-18-23(10-11-27(26)41-31)22-12-15-34-16-13-22;1-6-17(2)8-7-9-19(32)15-23-25(26-30-21-14-18(29)10-11-22(21)36-26)20-12-13-31(16-24(20)35-23)27(33)34-28(3,4)5;1-10(2)11(3,4)15-12(14-10)9-5-7-13-8-6-9/h10-13,15-16,18,21H,6-9,14,17,19-20H2,1-5H3;10-11,14,17H,6-9,12-13,15-16H2,1-5H3;5-8H,1-4H3/t21-;17-;/m00./s1. The molecular formula is C72H90BBrN6O8S4. The van der Waals surface area contributed by atoms with Gasteiger partial charge in [0.15, 0.2) is 0 Å². The van der Waals surface area contributed by atoms with Crippen LogP contribution in [0.15, 0.2) is 89.9 Å². The van der Waals surface area contributed by atoms with Crippen molar-refractivity contribution < 1.29 is 38.0 Å². The van der Waals surface area contributed by atoms with Crippen molar-refractivity contribution in [2.24, 2.45) is 11.8 Å². The van der Waals surface area contributed by atoms with E-state index in [4.69, 9.17) is 28.8 Å². The molecule has 0 saturated carbocycles. The second-order valence-electron chi connectivity index (χ2n) is 27.6. The Morgan fingerprint density at radius 1 is 0.609 bits per heavy atom. The van der Waals surface area contributed by atoms with Crippen LogP contribution in [0.2, 0.25) is 0 Å². The van der Waals surface area contributed by atoms with Crippen LogP contribution < -0.4 is 5.46 Å². The maximum absolute atomic E-state index is 13.2. The molecule has 8 aromatic rings. The maximum Gasteiger partial charge on any atom is 0.494 e. The zero-order chi connectivity index (χ0) is 66.3. The monoisotopic (exact) mass is 1380 g/mol. The third-order valence-corrected chi connectivity index (χ3v) is 22.4. The number of ketones is 2. The number of benzene rings is 2. The van der Waals surface area contributed by atoms with Gasteiger partial charge in [0.1, 0.15) is 32.8 Å². The van der Waals surface area contributed by atoms with Gasteiger partial charge in [-0.1, -0.05) is 75.4 Å². The minimum atomic E-state index is -0.541. The molecular weight excluding hydrogens is 1300 g/mol. The number of rotatable bonds is 18. The Morgan fingerprint density at radius 3 is 1.49 bits per heavy atom. The number of thiophene rings is 2. The number of amides is 2. The molecule has 490 valence electrons. The molecule has 6 aromatic heterocycles. The average molecular weight is 1390 g/mol. The molecule has 1 saturated heterocycles. The van der Waals surface area contributed by atoms with Gasteiger partial charge >= 0.3 is 19.3 Å². The number of hydrogen-bond donors (Lipinski definition) is 0. The third kappa shape index (κ3) is 18.2. The van der Waals surface area contributed by atoms with Crippen molar-refractivity contribution in [3.63, 3.8) is 0 Å². The number of nitrogens with zero attached hydrogens (tertiary/aromatic N) is 6. The molecule has 92 heavy (non-hydrogen) atoms. The Labute approximate surface area is 568 Å². The van der Waals surface area contributed by atoms with Crippen molar-refractivity contribution in [3.8, 4) is 32.3 Å². The number of ether oxygens (including phenoxy) is 2. The molecule has 3 aliphatic heterocycles. The van der Waals surface area contributed by atoms with Crippen molar-refractivity contribution in [2.45, 2.75) is 209 Å². The number of thiazole rings is 2. The van der Waals surface area contributed by atoms with Gasteiger partial charge in [-0.2, -0.15) is 0 Å². The van der Waals surface area contributed by atoms with Crippen LogP contribution in [0.1, 0.15) is 179 Å². The quantitative estimate of drug-likeness (QED) is 0.0748. The fraction of sp³-hybridized carbons (Fsp3) is 0.500. The first kappa shape index (κ1) is 70.6. The molecule has 14 nitrogen and oxygen atoms in total. The Hall–Kier alpha value is -5.74. The van der Waals surface area contributed by atoms with Crippen LogP contribution in [0.3, 0.4) is 0 Å². The van der Waals surface area contributed by atoms with E-state index in [9.17, 15) is 19.2 Å². The van der Waals surface area contributed by atoms with Crippen LogP contribution in [0.5, 0.6) is 0 Å². The van der Waals surface area contributed by atoms with Crippen molar-refractivity contribution >= 4 is 118 Å². The Morgan fingerprint density at radius 2 is 1.04 bits per heavy atom. The van der Waals surface area contributed by atoms with Gasteiger partial charge in [0.2, 0.25) is 0 Å². The molecule has 0 radical (unpaired) electrons. The molecule has 0 unspecified atom stereocenters. The molecule has 2 aromatic carbocycles. The highest BCUT2D eigenvalue weighted by molar-refractivity contribution is 9.10. The lowest BCUT2D eigenvalue weighted by molar-refractivity contribution is -0.119. The first-order valence-corrected chi connectivity index (χ1v) is 36.5. The summed E-state index contributed by atoms with van der Waals surface area (Å²) in [5, 5.41) is 1.92. The summed E-state index contributed by atoms with van der Waals surface area (Å²) < 4.78 is 26.3. The summed E-state index contributed by atoms with van der Waals surface area (Å²) in [4.78, 5) is 78.0. The fourth-order valence-electron chi connectivity index (χ4n) is 11.1. The molecule has 0 spiro atoms. The maximum atomic E-state index is 13.2. The largest absolute Gasteiger partial charge is 0.494 e. The lowest BCUT2D eigenvalue weighted by Crippen LogP contribution is -2.41. The van der Waals surface area contributed by atoms with E-state index in [0.29, 0.717) is 63.7 Å². The topological polar surface area (TPSA) is 163 Å². The van der Waals surface area contributed by atoms with Crippen LogP contribution in [0.4, 0.5) is 9.59 Å². The van der Waals surface area contributed by atoms with E-state index in [1.54, 1.807) is 79.9 Å². The number of fused-ring (bicyclic) bond motifs is 4. The molecule has 0 bridgehead atoms. The summed E-state index contributed by atoms with van der Waals surface area (Å²) in [7, 11) is -0.280. The van der Waals surface area contributed by atoms with E-state index >= 15 is 0 Å². The summed E-state index contributed by atoms with van der Waals surface area (Å²) in [6, 6.07) is 20.4. The van der Waals surface area contributed by atoms with Crippen molar-refractivity contribution in [2.75, 3.05) is 13.1 Å². The summed E-state index contributed by atoms with van der Waals surface area (Å²) in [6.07, 6.45) is 16.4. The van der Waals surface area contributed by atoms with Gasteiger partial charge in [0, 0.05) is 98.7 Å². The van der Waals surface area contributed by atoms with Gasteiger partial charge in [0.05, 0.1) is 44.7 Å². The number of Topliss-reactive ketones (excluding diaryl/α,β-unsaturated/α-hetero) is 2. The number of pyridine rings is 2. The van der Waals surface area contributed by atoms with Crippen LogP contribution in [0, 0.1) is 11.8 Å². The minimum Gasteiger partial charge on any atom is -0.444 e. The predicted octanol–water partition coefficient (Wildman–Crippen LogP) is 18.5. The number of hydrogen-bond acceptors (Lipinski definition) is 16. The van der Waals surface area contributed by atoms with Crippen LogP contribution >= 0.6 is 61.3 Å². The lowest BCUT2D eigenvalue weighted by atomic mass is 9.80. The van der Waals surface area contributed by atoms with Crippen molar-refractivity contribution in [1.82, 2.24) is 29.7 Å². The number of carbonyl (C=O) groups excluding carboxylic acids is 4. The second-order valence-corrected chi connectivity index (χ2v) is 32.9. The molecule has 11 rings (SSSR count). The zero-order valence-electron chi connectivity index (χ0n) is 56.1. The number of aromatic nitrogens is 4. The highest BCUT2D eigenvalue weighted by atomic mass is 79.9. The Kier molecular flexibility index (Phi) is 23.3.